The normalized spacial score (nSPS) is 22.5. The van der Waals surface area contributed by atoms with Crippen molar-refractivity contribution in [2.24, 2.45) is 5.92 Å². The summed E-state index contributed by atoms with van der Waals surface area (Å²) in [5.41, 5.74) is 3.08. The second-order valence-corrected chi connectivity index (χ2v) is 6.16. The number of nitrogens with zero attached hydrogens (tertiary/aromatic N) is 1. The van der Waals surface area contributed by atoms with Crippen LogP contribution in [0.2, 0.25) is 0 Å². The molecule has 1 aliphatic heterocycles. The first-order chi connectivity index (χ1) is 9.36. The van der Waals surface area contributed by atoms with Crippen LogP contribution in [0.25, 0.3) is 0 Å². The number of nitrogens with one attached hydrogen (secondary N) is 1. The Kier molecular flexibility index (Phi) is 4.19. The fourth-order valence-electron chi connectivity index (χ4n) is 3.25. The lowest BCUT2D eigenvalue weighted by Gasteiger charge is -2.32. The molecule has 1 heterocycles. The summed E-state index contributed by atoms with van der Waals surface area (Å²) in [6, 6.07) is 9.51. The van der Waals surface area contributed by atoms with Crippen molar-refractivity contribution in [1.82, 2.24) is 10.2 Å². The van der Waals surface area contributed by atoms with E-state index < -0.39 is 0 Å². The van der Waals surface area contributed by atoms with Gasteiger partial charge in [-0.2, -0.15) is 0 Å². The van der Waals surface area contributed by atoms with Crippen LogP contribution in [0.5, 0.6) is 0 Å². The van der Waals surface area contributed by atoms with Crippen molar-refractivity contribution in [3.8, 4) is 0 Å². The van der Waals surface area contributed by atoms with E-state index in [2.05, 4.69) is 41.4 Å². The Balaban J connectivity index is 1.67. The van der Waals surface area contributed by atoms with E-state index in [1.807, 2.05) is 0 Å². The third kappa shape index (κ3) is 3.37. The Morgan fingerprint density at radius 3 is 2.84 bits per heavy atom. The minimum atomic E-state index is 0.537. The summed E-state index contributed by atoms with van der Waals surface area (Å²) >= 11 is 0. The van der Waals surface area contributed by atoms with Crippen LogP contribution in [0.15, 0.2) is 24.3 Å². The quantitative estimate of drug-likeness (QED) is 0.844. The number of hydrogen-bond acceptors (Lipinski definition) is 2. The Hall–Kier alpha value is -0.860. The summed E-state index contributed by atoms with van der Waals surface area (Å²) in [5.74, 6) is 0.991. The molecular weight excluding hydrogens is 232 g/mol. The number of rotatable bonds is 6. The molecule has 2 heteroatoms. The van der Waals surface area contributed by atoms with Crippen LogP contribution in [0.4, 0.5) is 0 Å². The van der Waals surface area contributed by atoms with Gasteiger partial charge in [0, 0.05) is 19.1 Å². The highest BCUT2D eigenvalue weighted by Crippen LogP contribution is 2.31. The van der Waals surface area contributed by atoms with Crippen molar-refractivity contribution in [2.45, 2.75) is 38.6 Å². The molecular formula is C17H26N2. The molecule has 0 bridgehead atoms. The zero-order valence-corrected chi connectivity index (χ0v) is 12.1. The van der Waals surface area contributed by atoms with Crippen LogP contribution in [0.1, 0.15) is 43.4 Å². The maximum atomic E-state index is 3.72. The van der Waals surface area contributed by atoms with Gasteiger partial charge in [-0.25, -0.2) is 0 Å². The lowest BCUT2D eigenvalue weighted by Crippen LogP contribution is -2.40. The smallest absolute Gasteiger partial charge is 0.0452 e. The van der Waals surface area contributed by atoms with Crippen LogP contribution in [-0.2, 0) is 6.42 Å². The SMILES string of the molecule is CCCN(CC1CC1)CC1NCCc2ccccc21. The Morgan fingerprint density at radius 1 is 1.21 bits per heavy atom. The molecule has 2 nitrogen and oxygen atoms in total. The number of benzene rings is 1. The minimum Gasteiger partial charge on any atom is -0.309 e. The van der Waals surface area contributed by atoms with Gasteiger partial charge >= 0.3 is 0 Å². The van der Waals surface area contributed by atoms with Gasteiger partial charge in [-0.3, -0.25) is 0 Å². The van der Waals surface area contributed by atoms with Gasteiger partial charge in [0.2, 0.25) is 0 Å². The van der Waals surface area contributed by atoms with Gasteiger partial charge in [0.25, 0.3) is 0 Å². The van der Waals surface area contributed by atoms with Crippen molar-refractivity contribution in [3.63, 3.8) is 0 Å². The third-order valence-electron chi connectivity index (χ3n) is 4.41. The van der Waals surface area contributed by atoms with E-state index in [0.29, 0.717) is 6.04 Å². The molecule has 1 aromatic carbocycles. The molecule has 0 amide bonds. The predicted molar refractivity (Wildman–Crippen MR) is 80.3 cm³/mol. The lowest BCUT2D eigenvalue weighted by atomic mass is 9.94. The second-order valence-electron chi connectivity index (χ2n) is 6.16. The molecule has 1 unspecified atom stereocenters. The topological polar surface area (TPSA) is 15.3 Å². The molecule has 1 aliphatic carbocycles. The number of hydrogen-bond donors (Lipinski definition) is 1. The molecule has 2 aliphatic rings. The van der Waals surface area contributed by atoms with Gasteiger partial charge in [0.15, 0.2) is 0 Å². The monoisotopic (exact) mass is 258 g/mol. The molecule has 0 saturated heterocycles. The maximum absolute atomic E-state index is 3.72. The van der Waals surface area contributed by atoms with Gasteiger partial charge in [-0.15, -0.1) is 0 Å². The van der Waals surface area contributed by atoms with Gasteiger partial charge in [-0.1, -0.05) is 31.2 Å². The van der Waals surface area contributed by atoms with Crippen molar-refractivity contribution < 1.29 is 0 Å². The first-order valence-corrected chi connectivity index (χ1v) is 7.90. The predicted octanol–water partition coefficient (Wildman–Crippen LogP) is 3.00. The molecule has 1 saturated carbocycles. The van der Waals surface area contributed by atoms with Gasteiger partial charge < -0.3 is 10.2 Å². The highest BCUT2D eigenvalue weighted by Gasteiger charge is 2.27. The average Bonchev–Trinajstić information content (AvgIpc) is 3.23. The highest BCUT2D eigenvalue weighted by atomic mass is 15.2. The first kappa shape index (κ1) is 13.1. The summed E-state index contributed by atoms with van der Waals surface area (Å²) in [6.07, 6.45) is 5.36. The Labute approximate surface area is 117 Å². The van der Waals surface area contributed by atoms with Crippen molar-refractivity contribution in [1.29, 1.82) is 0 Å². The Morgan fingerprint density at radius 2 is 2.05 bits per heavy atom. The van der Waals surface area contributed by atoms with Crippen molar-refractivity contribution >= 4 is 0 Å². The summed E-state index contributed by atoms with van der Waals surface area (Å²) in [4.78, 5) is 2.68. The Bertz CT molecular complexity index is 411. The van der Waals surface area contributed by atoms with E-state index in [0.717, 1.165) is 12.5 Å². The maximum Gasteiger partial charge on any atom is 0.0452 e. The van der Waals surface area contributed by atoms with Gasteiger partial charge in [0.05, 0.1) is 0 Å². The lowest BCUT2D eigenvalue weighted by molar-refractivity contribution is 0.230. The number of fused-ring (bicyclic) bond motifs is 1. The van der Waals surface area contributed by atoms with E-state index in [4.69, 9.17) is 0 Å². The van der Waals surface area contributed by atoms with E-state index in [-0.39, 0.29) is 0 Å². The molecule has 19 heavy (non-hydrogen) atoms. The average molecular weight is 258 g/mol. The fourth-order valence-corrected chi connectivity index (χ4v) is 3.25. The molecule has 0 radical (unpaired) electrons. The van der Waals surface area contributed by atoms with Crippen LogP contribution in [0, 0.1) is 5.92 Å². The van der Waals surface area contributed by atoms with Crippen LogP contribution in [0.3, 0.4) is 0 Å². The molecule has 3 rings (SSSR count). The second kappa shape index (κ2) is 6.06. The highest BCUT2D eigenvalue weighted by molar-refractivity contribution is 5.32. The first-order valence-electron chi connectivity index (χ1n) is 7.90. The molecule has 0 aromatic heterocycles. The summed E-state index contributed by atoms with van der Waals surface area (Å²) in [6.45, 7) is 7.17. The molecule has 1 fully saturated rings. The molecule has 104 valence electrons. The van der Waals surface area contributed by atoms with Crippen LogP contribution >= 0.6 is 0 Å². The van der Waals surface area contributed by atoms with Gasteiger partial charge in [0.1, 0.15) is 0 Å². The standard InChI is InChI=1S/C17H26N2/c1-2-11-19(12-14-7-8-14)13-17-16-6-4-3-5-15(16)9-10-18-17/h3-6,14,17-18H,2,7-13H2,1H3. The van der Waals surface area contributed by atoms with Crippen LogP contribution < -0.4 is 5.32 Å². The summed E-state index contributed by atoms with van der Waals surface area (Å²) in [5, 5.41) is 3.72. The molecule has 1 atom stereocenters. The summed E-state index contributed by atoms with van der Waals surface area (Å²) < 4.78 is 0. The fraction of sp³-hybridized carbons (Fsp3) is 0.647. The van der Waals surface area contributed by atoms with E-state index >= 15 is 0 Å². The zero-order chi connectivity index (χ0) is 13.1. The van der Waals surface area contributed by atoms with Crippen molar-refractivity contribution in [3.05, 3.63) is 35.4 Å². The third-order valence-corrected chi connectivity index (χ3v) is 4.41. The van der Waals surface area contributed by atoms with Crippen molar-refractivity contribution in [2.75, 3.05) is 26.2 Å². The zero-order valence-electron chi connectivity index (χ0n) is 12.1. The summed E-state index contributed by atoms with van der Waals surface area (Å²) in [7, 11) is 0. The minimum absolute atomic E-state index is 0.537. The van der Waals surface area contributed by atoms with E-state index in [1.165, 1.54) is 50.9 Å². The molecule has 0 spiro atoms. The molecule has 1 N–H and O–H groups in total. The van der Waals surface area contributed by atoms with Crippen LogP contribution in [-0.4, -0.2) is 31.1 Å². The van der Waals surface area contributed by atoms with Gasteiger partial charge in [-0.05, 0) is 55.8 Å². The van der Waals surface area contributed by atoms with E-state index in [9.17, 15) is 0 Å². The van der Waals surface area contributed by atoms with E-state index in [1.54, 1.807) is 5.56 Å². The largest absolute Gasteiger partial charge is 0.309 e. The molecule has 1 aromatic rings.